The van der Waals surface area contributed by atoms with Gasteiger partial charge in [0.1, 0.15) is 11.5 Å². The van der Waals surface area contributed by atoms with Crippen molar-refractivity contribution in [2.75, 3.05) is 9.80 Å². The summed E-state index contributed by atoms with van der Waals surface area (Å²) >= 11 is 0. The van der Waals surface area contributed by atoms with Crippen molar-refractivity contribution >= 4 is 45.8 Å². The Kier molecular flexibility index (Phi) is 5.97. The van der Waals surface area contributed by atoms with Gasteiger partial charge in [0.2, 0.25) is 0 Å². The van der Waals surface area contributed by atoms with Crippen LogP contribution in [0.15, 0.2) is 91.0 Å². The maximum absolute atomic E-state index is 14.2. The Morgan fingerprint density at radius 1 is 0.511 bits per heavy atom. The van der Waals surface area contributed by atoms with Crippen molar-refractivity contribution in [3.63, 3.8) is 0 Å². The van der Waals surface area contributed by atoms with E-state index in [2.05, 4.69) is 0 Å². The maximum atomic E-state index is 14.2. The number of amides is 4. The zero-order valence-corrected chi connectivity index (χ0v) is 22.9. The van der Waals surface area contributed by atoms with Crippen LogP contribution in [-0.4, -0.2) is 23.6 Å². The van der Waals surface area contributed by atoms with Crippen LogP contribution in [0.2, 0.25) is 0 Å². The van der Waals surface area contributed by atoms with E-state index in [0.29, 0.717) is 16.7 Å². The number of imide groups is 2. The quantitative estimate of drug-likeness (QED) is 0.238. The maximum Gasteiger partial charge on any atom is 0.269 e. The van der Waals surface area contributed by atoms with Gasteiger partial charge < -0.3 is 4.74 Å². The average molecular weight is 586 g/mol. The number of hydrogen-bond acceptors (Lipinski definition) is 8. The summed E-state index contributed by atoms with van der Waals surface area (Å²) < 4.78 is 6.17. The lowest BCUT2D eigenvalue weighted by Crippen LogP contribution is -2.43. The van der Waals surface area contributed by atoms with Crippen LogP contribution in [0.4, 0.5) is 11.4 Å². The van der Waals surface area contributed by atoms with E-state index in [1.807, 2.05) is 18.2 Å². The number of nitrogens with zero attached hydrogens (tertiary/aromatic N) is 5. The number of ether oxygens (including phenoxy) is 1. The van der Waals surface area contributed by atoms with Crippen molar-refractivity contribution in [1.82, 2.24) is 0 Å². The molecule has 2 aliphatic heterocycles. The van der Waals surface area contributed by atoms with Crippen LogP contribution in [0.25, 0.3) is 10.8 Å². The third-order valence-electron chi connectivity index (χ3n) is 7.66. The van der Waals surface area contributed by atoms with Crippen molar-refractivity contribution in [2.24, 2.45) is 0 Å². The van der Waals surface area contributed by atoms with Crippen LogP contribution in [0.1, 0.15) is 58.1 Å². The molecular formula is C35H15N5O5. The van der Waals surface area contributed by atoms with E-state index in [-0.39, 0.29) is 55.9 Å². The van der Waals surface area contributed by atoms with Gasteiger partial charge in [0.15, 0.2) is 0 Å². The Hall–Kier alpha value is -7.09. The number of rotatable bonds is 4. The molecule has 0 radical (unpaired) electrons. The third-order valence-corrected chi connectivity index (χ3v) is 7.66. The Morgan fingerprint density at radius 2 is 1.02 bits per heavy atom. The molecule has 210 valence electrons. The lowest BCUT2D eigenvalue weighted by atomic mass is 9.85. The molecule has 0 unspecified atom stereocenters. The molecule has 0 saturated heterocycles. The predicted molar refractivity (Wildman–Crippen MR) is 160 cm³/mol. The normalized spacial score (nSPS) is 13.4. The summed E-state index contributed by atoms with van der Waals surface area (Å²) in [5.41, 5.74) is 1.54. The van der Waals surface area contributed by atoms with Gasteiger partial charge in [-0.25, -0.2) is 9.80 Å². The minimum atomic E-state index is -0.762. The van der Waals surface area contributed by atoms with E-state index in [1.165, 1.54) is 72.8 Å². The fourth-order valence-electron chi connectivity index (χ4n) is 5.61. The molecule has 0 N–H and O–H groups in total. The number of benzene rings is 5. The largest absolute Gasteiger partial charge is 0.456 e. The molecule has 0 saturated carbocycles. The third kappa shape index (κ3) is 4.01. The topological polar surface area (TPSA) is 155 Å². The predicted octanol–water partition coefficient (Wildman–Crippen LogP) is 5.85. The van der Waals surface area contributed by atoms with Crippen LogP contribution in [0.5, 0.6) is 11.5 Å². The van der Waals surface area contributed by atoms with Gasteiger partial charge in [-0.2, -0.15) is 15.8 Å². The van der Waals surface area contributed by atoms with Crippen molar-refractivity contribution in [3.05, 3.63) is 130 Å². The van der Waals surface area contributed by atoms with Crippen molar-refractivity contribution in [3.8, 4) is 29.7 Å². The summed E-state index contributed by atoms with van der Waals surface area (Å²) in [6.45, 7) is 0. The fraction of sp³-hybridized carbons (Fsp3) is 0. The summed E-state index contributed by atoms with van der Waals surface area (Å²) in [6.07, 6.45) is 0. The van der Waals surface area contributed by atoms with Gasteiger partial charge in [0.25, 0.3) is 23.6 Å². The molecule has 45 heavy (non-hydrogen) atoms. The first kappa shape index (κ1) is 26.8. The molecule has 7 rings (SSSR count). The van der Waals surface area contributed by atoms with Crippen molar-refractivity contribution < 1.29 is 23.9 Å². The second-order valence-corrected chi connectivity index (χ2v) is 10.2. The molecule has 5 aromatic carbocycles. The van der Waals surface area contributed by atoms with Gasteiger partial charge in [0.05, 0.1) is 57.4 Å². The Labute approximate surface area is 254 Å². The molecular weight excluding hydrogens is 570 g/mol. The lowest BCUT2D eigenvalue weighted by molar-refractivity contribution is 0.0871. The lowest BCUT2D eigenvalue weighted by Gasteiger charge is -2.33. The number of nitriles is 3. The number of carbonyl (C=O) groups excluding carboxylic acids is 4. The molecule has 10 heteroatoms. The summed E-state index contributed by atoms with van der Waals surface area (Å²) in [6, 6.07) is 28.3. The molecule has 0 aromatic heterocycles. The first-order valence-corrected chi connectivity index (χ1v) is 13.4. The molecule has 0 fully saturated rings. The standard InChI is InChI=1S/C35H15N5O5/c36-16-19-4-8-22(9-5-19)39-32(41)25-12-13-26-30-29(25)27(34(39)43)15-28(45-24-3-1-2-21(14-24)18-38)31(30)35(44)40(33(26)42)23-10-6-20(17-37)7-11-23/h1-15H. The molecule has 0 spiro atoms. The average Bonchev–Trinajstić information content (AvgIpc) is 3.07. The minimum Gasteiger partial charge on any atom is -0.456 e. The molecule has 0 bridgehead atoms. The van der Waals surface area contributed by atoms with Crippen LogP contribution in [0.3, 0.4) is 0 Å². The van der Waals surface area contributed by atoms with Crippen LogP contribution < -0.4 is 14.5 Å². The molecule has 2 aliphatic rings. The minimum absolute atomic E-state index is 0.0217. The highest BCUT2D eigenvalue weighted by Crippen LogP contribution is 2.45. The van der Waals surface area contributed by atoms with E-state index in [9.17, 15) is 35.0 Å². The fourth-order valence-corrected chi connectivity index (χ4v) is 5.61. The van der Waals surface area contributed by atoms with Crippen molar-refractivity contribution in [1.29, 1.82) is 15.8 Å². The Morgan fingerprint density at radius 3 is 1.58 bits per heavy atom. The first-order chi connectivity index (χ1) is 21.8. The summed E-state index contributed by atoms with van der Waals surface area (Å²) in [7, 11) is 0. The highest BCUT2D eigenvalue weighted by atomic mass is 16.5. The van der Waals surface area contributed by atoms with Crippen LogP contribution >= 0.6 is 0 Å². The number of anilines is 2. The van der Waals surface area contributed by atoms with E-state index in [1.54, 1.807) is 18.2 Å². The van der Waals surface area contributed by atoms with E-state index >= 15 is 0 Å². The molecule has 5 aromatic rings. The molecule has 10 nitrogen and oxygen atoms in total. The highest BCUT2D eigenvalue weighted by molar-refractivity contribution is 6.42. The van der Waals surface area contributed by atoms with Gasteiger partial charge >= 0.3 is 0 Å². The van der Waals surface area contributed by atoms with Gasteiger partial charge in [0, 0.05) is 21.9 Å². The summed E-state index contributed by atoms with van der Waals surface area (Å²) in [5.74, 6) is -2.70. The van der Waals surface area contributed by atoms with Gasteiger partial charge in [-0.1, -0.05) is 6.07 Å². The van der Waals surface area contributed by atoms with Gasteiger partial charge in [-0.3, -0.25) is 19.2 Å². The van der Waals surface area contributed by atoms with Crippen LogP contribution in [0, 0.1) is 34.0 Å². The molecule has 2 heterocycles. The summed E-state index contributed by atoms with van der Waals surface area (Å²) in [4.78, 5) is 58.0. The van der Waals surface area contributed by atoms with Crippen molar-refractivity contribution in [2.45, 2.75) is 0 Å². The van der Waals surface area contributed by atoms with Gasteiger partial charge in [-0.15, -0.1) is 0 Å². The number of carbonyl (C=O) groups is 4. The molecule has 0 atom stereocenters. The van der Waals surface area contributed by atoms with Crippen LogP contribution in [-0.2, 0) is 0 Å². The Bertz CT molecular complexity index is 2310. The smallest absolute Gasteiger partial charge is 0.269 e. The zero-order valence-electron chi connectivity index (χ0n) is 22.9. The highest BCUT2D eigenvalue weighted by Gasteiger charge is 2.42. The first-order valence-electron chi connectivity index (χ1n) is 13.4. The SMILES string of the molecule is N#Cc1ccc(N2C(=O)c3ccc4c5c(c(Oc6cccc(C#N)c6)cc(c35)C2=O)C(=O)N(c2ccc(C#N)cc2)C4=O)cc1. The second kappa shape index (κ2) is 10.0. The summed E-state index contributed by atoms with van der Waals surface area (Å²) in [5, 5.41) is 28.1. The van der Waals surface area contributed by atoms with E-state index in [0.717, 1.165) is 9.80 Å². The monoisotopic (exact) mass is 585 g/mol. The van der Waals surface area contributed by atoms with E-state index in [4.69, 9.17) is 4.74 Å². The van der Waals surface area contributed by atoms with Gasteiger partial charge in [-0.05, 0) is 84.9 Å². The molecule has 4 amide bonds. The second-order valence-electron chi connectivity index (χ2n) is 10.2. The van der Waals surface area contributed by atoms with E-state index < -0.39 is 23.6 Å². The molecule has 0 aliphatic carbocycles. The zero-order chi connectivity index (χ0) is 31.4. The number of hydrogen-bond donors (Lipinski definition) is 0. The Balaban J connectivity index is 1.48.